The third-order valence-electron chi connectivity index (χ3n) is 5.11. The molecule has 0 spiro atoms. The monoisotopic (exact) mass is 431 g/mol. The molecule has 1 unspecified atom stereocenters. The molecule has 6 heteroatoms. The summed E-state index contributed by atoms with van der Waals surface area (Å²) >= 11 is 0. The number of hydrogen-bond acceptors (Lipinski definition) is 2. The van der Waals surface area contributed by atoms with Gasteiger partial charge < -0.3 is 15.2 Å². The van der Waals surface area contributed by atoms with Crippen LogP contribution < -0.4 is 10.6 Å². The van der Waals surface area contributed by atoms with Crippen molar-refractivity contribution in [2.24, 2.45) is 12.0 Å². The first-order valence-corrected chi connectivity index (χ1v) is 8.57. The molecule has 2 heterocycles. The van der Waals surface area contributed by atoms with Crippen molar-refractivity contribution in [3.8, 4) is 0 Å². The molecule has 0 bridgehead atoms. The number of aryl methyl sites for hydroxylation is 1. The molecule has 2 N–H and O–H groups in total. The summed E-state index contributed by atoms with van der Waals surface area (Å²) in [5.74, 6) is 0.916. The predicted molar refractivity (Wildman–Crippen MR) is 106 cm³/mol. The van der Waals surface area contributed by atoms with E-state index in [4.69, 9.17) is 0 Å². The van der Waals surface area contributed by atoms with E-state index in [1.54, 1.807) is 0 Å². The van der Waals surface area contributed by atoms with Gasteiger partial charge in [0, 0.05) is 51.2 Å². The van der Waals surface area contributed by atoms with Crippen LogP contribution in [0.3, 0.4) is 0 Å². The van der Waals surface area contributed by atoms with Gasteiger partial charge in [-0.3, -0.25) is 9.89 Å². The number of aromatic nitrogens is 1. The van der Waals surface area contributed by atoms with Gasteiger partial charge in [-0.2, -0.15) is 0 Å². The summed E-state index contributed by atoms with van der Waals surface area (Å²) in [5.41, 5.74) is 1.27. The molecule has 1 saturated carbocycles. The minimum absolute atomic E-state index is 0. The Bertz CT molecular complexity index is 507. The highest BCUT2D eigenvalue weighted by Gasteiger charge is 2.30. The molecule has 1 aliphatic heterocycles. The molecule has 0 amide bonds. The number of nitrogens with zero attached hydrogens (tertiary/aromatic N) is 3. The molecule has 0 aromatic carbocycles. The summed E-state index contributed by atoms with van der Waals surface area (Å²) in [6, 6.07) is 5.58. The molecule has 5 nitrogen and oxygen atoms in total. The minimum atomic E-state index is 0. The molecule has 2 aliphatic rings. The van der Waals surface area contributed by atoms with E-state index in [0.717, 1.165) is 25.1 Å². The summed E-state index contributed by atoms with van der Waals surface area (Å²) in [6.45, 7) is 3.20. The number of nitrogens with one attached hydrogen (secondary N) is 2. The molecule has 1 aromatic rings. The van der Waals surface area contributed by atoms with Crippen LogP contribution in [0, 0.1) is 0 Å². The maximum atomic E-state index is 4.37. The fraction of sp³-hybridized carbons (Fsp3) is 0.706. The Morgan fingerprint density at radius 3 is 2.74 bits per heavy atom. The zero-order chi connectivity index (χ0) is 15.4. The van der Waals surface area contributed by atoms with Crippen molar-refractivity contribution < 1.29 is 0 Å². The Morgan fingerprint density at radius 1 is 1.30 bits per heavy atom. The Balaban J connectivity index is 0.00000192. The van der Waals surface area contributed by atoms with Crippen LogP contribution in [0.15, 0.2) is 23.3 Å². The van der Waals surface area contributed by atoms with E-state index in [2.05, 4.69) is 50.5 Å². The lowest BCUT2D eigenvalue weighted by molar-refractivity contribution is 0.242. The molecular weight excluding hydrogens is 401 g/mol. The van der Waals surface area contributed by atoms with Crippen molar-refractivity contribution >= 4 is 29.9 Å². The maximum Gasteiger partial charge on any atom is 0.191 e. The van der Waals surface area contributed by atoms with Gasteiger partial charge in [0.15, 0.2) is 5.96 Å². The van der Waals surface area contributed by atoms with Crippen LogP contribution in [0.5, 0.6) is 0 Å². The SMILES string of the molecule is CN=C(NCc1cccn1C)NC1CCN(C2CCCC2)C1.I. The Kier molecular flexibility index (Phi) is 7.20. The summed E-state index contributed by atoms with van der Waals surface area (Å²) < 4.78 is 2.14. The highest BCUT2D eigenvalue weighted by atomic mass is 127. The minimum Gasteiger partial charge on any atom is -0.353 e. The number of guanidine groups is 1. The van der Waals surface area contributed by atoms with Crippen LogP contribution in [0.25, 0.3) is 0 Å². The van der Waals surface area contributed by atoms with Crippen molar-refractivity contribution in [3.63, 3.8) is 0 Å². The van der Waals surface area contributed by atoms with Crippen LogP contribution in [0.1, 0.15) is 37.8 Å². The smallest absolute Gasteiger partial charge is 0.191 e. The van der Waals surface area contributed by atoms with Gasteiger partial charge in [0.05, 0.1) is 6.54 Å². The third kappa shape index (κ3) is 4.86. The molecule has 1 atom stereocenters. The highest BCUT2D eigenvalue weighted by molar-refractivity contribution is 14.0. The van der Waals surface area contributed by atoms with Crippen molar-refractivity contribution in [2.75, 3.05) is 20.1 Å². The van der Waals surface area contributed by atoms with E-state index in [1.807, 2.05) is 7.05 Å². The molecule has 3 rings (SSSR count). The number of aliphatic imine (C=N–C) groups is 1. The summed E-state index contributed by atoms with van der Waals surface area (Å²) in [6.07, 6.45) is 8.92. The average Bonchev–Trinajstić information content (AvgIpc) is 3.25. The second-order valence-electron chi connectivity index (χ2n) is 6.60. The second-order valence-corrected chi connectivity index (χ2v) is 6.60. The number of hydrogen-bond donors (Lipinski definition) is 2. The predicted octanol–water partition coefficient (Wildman–Crippen LogP) is 2.32. The molecule has 1 aliphatic carbocycles. The van der Waals surface area contributed by atoms with Gasteiger partial charge in [0.25, 0.3) is 0 Å². The molecule has 0 radical (unpaired) electrons. The van der Waals surface area contributed by atoms with Crippen molar-refractivity contribution in [1.82, 2.24) is 20.1 Å². The van der Waals surface area contributed by atoms with Gasteiger partial charge in [-0.05, 0) is 31.4 Å². The van der Waals surface area contributed by atoms with Gasteiger partial charge in [0.1, 0.15) is 0 Å². The van der Waals surface area contributed by atoms with Gasteiger partial charge >= 0.3 is 0 Å². The van der Waals surface area contributed by atoms with Crippen molar-refractivity contribution in [1.29, 1.82) is 0 Å². The molecule has 2 fully saturated rings. The molecule has 1 saturated heterocycles. The first-order chi connectivity index (χ1) is 10.8. The molecule has 1 aromatic heterocycles. The normalized spacial score (nSPS) is 23.0. The van der Waals surface area contributed by atoms with E-state index in [0.29, 0.717) is 6.04 Å². The quantitative estimate of drug-likeness (QED) is 0.437. The van der Waals surface area contributed by atoms with Crippen molar-refractivity contribution in [2.45, 2.75) is 50.7 Å². The maximum absolute atomic E-state index is 4.37. The lowest BCUT2D eigenvalue weighted by atomic mass is 10.2. The Morgan fingerprint density at radius 2 is 2.09 bits per heavy atom. The molecule has 130 valence electrons. The largest absolute Gasteiger partial charge is 0.353 e. The number of halogens is 1. The van der Waals surface area contributed by atoms with E-state index >= 15 is 0 Å². The number of likely N-dealkylation sites (tertiary alicyclic amines) is 1. The molecule has 23 heavy (non-hydrogen) atoms. The van der Waals surface area contributed by atoms with E-state index in [1.165, 1.54) is 44.3 Å². The van der Waals surface area contributed by atoms with E-state index in [9.17, 15) is 0 Å². The van der Waals surface area contributed by atoms with Crippen LogP contribution in [0.4, 0.5) is 0 Å². The van der Waals surface area contributed by atoms with Gasteiger partial charge in [0.2, 0.25) is 0 Å². The van der Waals surface area contributed by atoms with E-state index < -0.39 is 0 Å². The van der Waals surface area contributed by atoms with Gasteiger partial charge in [-0.1, -0.05) is 12.8 Å². The fourth-order valence-corrected chi connectivity index (χ4v) is 3.75. The standard InChI is InChI=1S/C17H29N5.HI/c1-18-17(19-12-16-8-5-10-21(16)2)20-14-9-11-22(13-14)15-6-3-4-7-15;/h5,8,10,14-15H,3-4,6-7,9,11-13H2,1-2H3,(H2,18,19,20);1H. The average molecular weight is 431 g/mol. The van der Waals surface area contributed by atoms with E-state index in [-0.39, 0.29) is 24.0 Å². The van der Waals surface area contributed by atoms with Crippen molar-refractivity contribution in [3.05, 3.63) is 24.0 Å². The van der Waals surface area contributed by atoms with Gasteiger partial charge in [-0.25, -0.2) is 0 Å². The lowest BCUT2D eigenvalue weighted by Gasteiger charge is -2.24. The van der Waals surface area contributed by atoms with Crippen LogP contribution in [-0.4, -0.2) is 47.6 Å². The second kappa shape index (κ2) is 8.92. The van der Waals surface area contributed by atoms with Crippen LogP contribution in [0.2, 0.25) is 0 Å². The lowest BCUT2D eigenvalue weighted by Crippen LogP contribution is -2.45. The zero-order valence-corrected chi connectivity index (χ0v) is 16.6. The summed E-state index contributed by atoms with van der Waals surface area (Å²) in [4.78, 5) is 7.05. The van der Waals surface area contributed by atoms with Gasteiger partial charge in [-0.15, -0.1) is 24.0 Å². The zero-order valence-electron chi connectivity index (χ0n) is 14.3. The number of rotatable bonds is 4. The summed E-state index contributed by atoms with van der Waals surface area (Å²) in [7, 11) is 3.92. The Labute approximate surface area is 156 Å². The fourth-order valence-electron chi connectivity index (χ4n) is 3.75. The topological polar surface area (TPSA) is 44.6 Å². The van der Waals surface area contributed by atoms with Crippen LogP contribution >= 0.6 is 24.0 Å². The third-order valence-corrected chi connectivity index (χ3v) is 5.11. The molecular formula is C17H30IN5. The Hall–Kier alpha value is -0.760. The van der Waals surface area contributed by atoms with Crippen LogP contribution in [-0.2, 0) is 13.6 Å². The first-order valence-electron chi connectivity index (χ1n) is 8.57. The highest BCUT2D eigenvalue weighted by Crippen LogP contribution is 2.26. The summed E-state index contributed by atoms with van der Waals surface area (Å²) in [5, 5.41) is 7.01. The first kappa shape index (κ1) is 18.6.